The Morgan fingerprint density at radius 2 is 1.76 bits per heavy atom. The molecule has 0 bridgehead atoms. The van der Waals surface area contributed by atoms with Gasteiger partial charge in [0.2, 0.25) is 5.89 Å². The zero-order valence-corrected chi connectivity index (χ0v) is 14.4. The number of halogens is 1. The summed E-state index contributed by atoms with van der Waals surface area (Å²) >= 11 is 1.56. The molecular weight excluding hydrogens is 335 g/mol. The van der Waals surface area contributed by atoms with Crippen molar-refractivity contribution in [2.75, 3.05) is 0 Å². The highest BCUT2D eigenvalue weighted by molar-refractivity contribution is 7.10. The standard InChI is InChI=1S/C20H15FN2OS/c1-13-19(24-20(22-13)15-5-3-2-4-6-15)17-12-25-18(23-17)11-14-7-9-16(21)10-8-14/h2-10,12H,11H2,1H3. The second-order valence-electron chi connectivity index (χ2n) is 5.73. The van der Waals surface area contributed by atoms with Gasteiger partial charge in [-0.3, -0.25) is 0 Å². The number of oxazole rings is 1. The highest BCUT2D eigenvalue weighted by Crippen LogP contribution is 2.30. The van der Waals surface area contributed by atoms with Gasteiger partial charge in [-0.1, -0.05) is 30.3 Å². The van der Waals surface area contributed by atoms with E-state index in [4.69, 9.17) is 4.42 Å². The van der Waals surface area contributed by atoms with Gasteiger partial charge >= 0.3 is 0 Å². The van der Waals surface area contributed by atoms with E-state index in [-0.39, 0.29) is 5.82 Å². The number of hydrogen-bond donors (Lipinski definition) is 0. The molecule has 2 aromatic carbocycles. The van der Waals surface area contributed by atoms with Crippen LogP contribution < -0.4 is 0 Å². The highest BCUT2D eigenvalue weighted by Gasteiger charge is 2.16. The molecule has 25 heavy (non-hydrogen) atoms. The molecule has 3 nitrogen and oxygen atoms in total. The molecule has 4 aromatic rings. The van der Waals surface area contributed by atoms with Crippen LogP contribution in [0.25, 0.3) is 22.9 Å². The minimum atomic E-state index is -0.227. The lowest BCUT2D eigenvalue weighted by Gasteiger charge is -1.97. The van der Waals surface area contributed by atoms with Crippen LogP contribution in [0.15, 0.2) is 64.4 Å². The van der Waals surface area contributed by atoms with Crippen molar-refractivity contribution >= 4 is 11.3 Å². The summed E-state index contributed by atoms with van der Waals surface area (Å²) in [7, 11) is 0. The quantitative estimate of drug-likeness (QED) is 0.487. The lowest BCUT2D eigenvalue weighted by atomic mass is 10.1. The predicted octanol–water partition coefficient (Wildman–Crippen LogP) is 5.50. The van der Waals surface area contributed by atoms with Crippen molar-refractivity contribution in [3.8, 4) is 22.9 Å². The van der Waals surface area contributed by atoms with Gasteiger partial charge in [0.05, 0.1) is 10.7 Å². The summed E-state index contributed by atoms with van der Waals surface area (Å²) in [4.78, 5) is 9.17. The van der Waals surface area contributed by atoms with E-state index in [0.717, 1.165) is 27.5 Å². The summed E-state index contributed by atoms with van der Waals surface area (Å²) in [6.07, 6.45) is 0.670. The van der Waals surface area contributed by atoms with E-state index in [9.17, 15) is 4.39 Å². The Morgan fingerprint density at radius 1 is 1.00 bits per heavy atom. The van der Waals surface area contributed by atoms with Gasteiger partial charge in [0.25, 0.3) is 0 Å². The fourth-order valence-electron chi connectivity index (χ4n) is 2.61. The summed E-state index contributed by atoms with van der Waals surface area (Å²) in [5.41, 5.74) is 3.58. The first-order valence-corrected chi connectivity index (χ1v) is 8.79. The maximum atomic E-state index is 13.0. The molecule has 2 aromatic heterocycles. The average molecular weight is 350 g/mol. The van der Waals surface area contributed by atoms with Gasteiger partial charge in [0.1, 0.15) is 11.5 Å². The van der Waals surface area contributed by atoms with Crippen LogP contribution in [-0.2, 0) is 6.42 Å². The van der Waals surface area contributed by atoms with Crippen molar-refractivity contribution in [2.24, 2.45) is 0 Å². The molecule has 0 aliphatic rings. The Morgan fingerprint density at radius 3 is 2.52 bits per heavy atom. The predicted molar refractivity (Wildman–Crippen MR) is 97.0 cm³/mol. The van der Waals surface area contributed by atoms with Crippen LogP contribution in [0.3, 0.4) is 0 Å². The Labute approximate surface area is 148 Å². The zero-order chi connectivity index (χ0) is 17.2. The van der Waals surface area contributed by atoms with Crippen LogP contribution in [0.1, 0.15) is 16.3 Å². The highest BCUT2D eigenvalue weighted by atomic mass is 32.1. The Hall–Kier alpha value is -2.79. The summed E-state index contributed by atoms with van der Waals surface area (Å²) in [5.74, 6) is 1.07. The van der Waals surface area contributed by atoms with Crippen LogP contribution in [0.5, 0.6) is 0 Å². The van der Waals surface area contributed by atoms with Gasteiger partial charge in [0.15, 0.2) is 5.76 Å². The molecule has 0 unspecified atom stereocenters. The molecule has 5 heteroatoms. The van der Waals surface area contributed by atoms with E-state index in [1.54, 1.807) is 23.5 Å². The second-order valence-corrected chi connectivity index (χ2v) is 6.67. The van der Waals surface area contributed by atoms with Gasteiger partial charge in [-0.15, -0.1) is 11.3 Å². The first kappa shape index (κ1) is 15.7. The molecule has 2 heterocycles. The van der Waals surface area contributed by atoms with Crippen LogP contribution in [0.4, 0.5) is 4.39 Å². The lowest BCUT2D eigenvalue weighted by molar-refractivity contribution is 0.586. The van der Waals surface area contributed by atoms with E-state index in [2.05, 4.69) is 9.97 Å². The monoisotopic (exact) mass is 350 g/mol. The summed E-state index contributed by atoms with van der Waals surface area (Å²) in [6, 6.07) is 16.3. The molecule has 0 aliphatic heterocycles. The van der Waals surface area contributed by atoms with E-state index in [1.807, 2.05) is 42.6 Å². The Bertz CT molecular complexity index is 990. The second kappa shape index (κ2) is 6.61. The first-order chi connectivity index (χ1) is 12.2. The van der Waals surface area contributed by atoms with Crippen LogP contribution in [0.2, 0.25) is 0 Å². The van der Waals surface area contributed by atoms with Crippen LogP contribution in [-0.4, -0.2) is 9.97 Å². The number of benzene rings is 2. The fraction of sp³-hybridized carbons (Fsp3) is 0.100. The first-order valence-electron chi connectivity index (χ1n) is 7.91. The Kier molecular flexibility index (Phi) is 4.15. The molecule has 0 N–H and O–H groups in total. The van der Waals surface area contributed by atoms with Crippen molar-refractivity contribution in [3.63, 3.8) is 0 Å². The number of hydrogen-bond acceptors (Lipinski definition) is 4. The molecule has 0 saturated carbocycles. The normalized spacial score (nSPS) is 11.0. The van der Waals surface area contributed by atoms with E-state index < -0.39 is 0 Å². The van der Waals surface area contributed by atoms with E-state index in [0.29, 0.717) is 18.1 Å². The molecule has 0 amide bonds. The van der Waals surface area contributed by atoms with Crippen LogP contribution in [0, 0.1) is 12.7 Å². The number of aromatic nitrogens is 2. The number of rotatable bonds is 4. The summed E-state index contributed by atoms with van der Waals surface area (Å²) < 4.78 is 19.0. The SMILES string of the molecule is Cc1nc(-c2ccccc2)oc1-c1csc(Cc2ccc(F)cc2)n1. The fourth-order valence-corrected chi connectivity index (χ4v) is 3.42. The average Bonchev–Trinajstić information content (AvgIpc) is 3.24. The van der Waals surface area contributed by atoms with E-state index in [1.165, 1.54) is 12.1 Å². The van der Waals surface area contributed by atoms with Gasteiger partial charge in [-0.2, -0.15) is 0 Å². The third kappa shape index (κ3) is 3.37. The topological polar surface area (TPSA) is 38.9 Å². The maximum Gasteiger partial charge on any atom is 0.227 e. The molecule has 0 saturated heterocycles. The summed E-state index contributed by atoms with van der Waals surface area (Å²) in [5, 5.41) is 2.93. The van der Waals surface area contributed by atoms with Crippen LogP contribution >= 0.6 is 11.3 Å². The van der Waals surface area contributed by atoms with Gasteiger partial charge < -0.3 is 4.42 Å². The minimum absolute atomic E-state index is 0.227. The van der Waals surface area contributed by atoms with E-state index >= 15 is 0 Å². The number of thiazole rings is 1. The van der Waals surface area contributed by atoms with Crippen molar-refractivity contribution in [3.05, 3.63) is 82.1 Å². The van der Waals surface area contributed by atoms with Crippen molar-refractivity contribution in [1.82, 2.24) is 9.97 Å². The Balaban J connectivity index is 1.60. The van der Waals surface area contributed by atoms with Crippen molar-refractivity contribution in [1.29, 1.82) is 0 Å². The lowest BCUT2D eigenvalue weighted by Crippen LogP contribution is -1.88. The summed E-state index contributed by atoms with van der Waals surface area (Å²) in [6.45, 7) is 1.92. The van der Waals surface area contributed by atoms with Crippen molar-refractivity contribution in [2.45, 2.75) is 13.3 Å². The van der Waals surface area contributed by atoms with Gasteiger partial charge in [0, 0.05) is 17.4 Å². The maximum absolute atomic E-state index is 13.0. The smallest absolute Gasteiger partial charge is 0.227 e. The van der Waals surface area contributed by atoms with Gasteiger partial charge in [-0.05, 0) is 36.8 Å². The zero-order valence-electron chi connectivity index (χ0n) is 13.6. The number of aryl methyl sites for hydroxylation is 1. The molecular formula is C20H15FN2OS. The minimum Gasteiger partial charge on any atom is -0.434 e. The molecule has 4 rings (SSSR count). The number of nitrogens with zero attached hydrogens (tertiary/aromatic N) is 2. The third-order valence-electron chi connectivity index (χ3n) is 3.87. The third-order valence-corrected chi connectivity index (χ3v) is 4.72. The molecule has 0 fully saturated rings. The van der Waals surface area contributed by atoms with Crippen molar-refractivity contribution < 1.29 is 8.81 Å². The molecule has 0 atom stereocenters. The molecule has 0 spiro atoms. The molecule has 0 radical (unpaired) electrons. The molecule has 124 valence electrons. The molecule has 0 aliphatic carbocycles. The largest absolute Gasteiger partial charge is 0.434 e. The van der Waals surface area contributed by atoms with Gasteiger partial charge in [-0.25, -0.2) is 14.4 Å².